The van der Waals surface area contributed by atoms with Gasteiger partial charge >= 0.3 is 5.97 Å². The smallest absolute Gasteiger partial charge is 0.308 e. The van der Waals surface area contributed by atoms with Crippen molar-refractivity contribution in [1.29, 1.82) is 0 Å². The van der Waals surface area contributed by atoms with Crippen molar-refractivity contribution in [2.24, 2.45) is 0 Å². The summed E-state index contributed by atoms with van der Waals surface area (Å²) in [5.74, 6) is -0.146. The van der Waals surface area contributed by atoms with Crippen LogP contribution in [0.25, 0.3) is 0 Å². The largest absolute Gasteiger partial charge is 0.490 e. The topological polar surface area (TPSA) is 84.9 Å². The van der Waals surface area contributed by atoms with Gasteiger partial charge in [-0.1, -0.05) is 42.5 Å². The van der Waals surface area contributed by atoms with Gasteiger partial charge in [0.25, 0.3) is 0 Å². The lowest BCUT2D eigenvalue weighted by Crippen LogP contribution is -2.38. The molecule has 1 aliphatic heterocycles. The van der Waals surface area contributed by atoms with Gasteiger partial charge in [-0.2, -0.15) is 0 Å². The van der Waals surface area contributed by atoms with Crippen molar-refractivity contribution < 1.29 is 23.9 Å². The van der Waals surface area contributed by atoms with Gasteiger partial charge in [0, 0.05) is 12.8 Å². The Balaban J connectivity index is 1.59. The number of hydrogen-bond acceptors (Lipinski definition) is 5. The van der Waals surface area contributed by atoms with E-state index in [4.69, 9.17) is 9.47 Å². The van der Waals surface area contributed by atoms with Gasteiger partial charge in [0.15, 0.2) is 0 Å². The van der Waals surface area contributed by atoms with E-state index in [1.165, 1.54) is 0 Å². The Hall–Kier alpha value is -3.35. The van der Waals surface area contributed by atoms with Crippen molar-refractivity contribution in [2.45, 2.75) is 45.3 Å². The Kier molecular flexibility index (Phi) is 7.65. The fourth-order valence-corrected chi connectivity index (χ4v) is 3.47. The second kappa shape index (κ2) is 10.6. The fourth-order valence-electron chi connectivity index (χ4n) is 3.47. The van der Waals surface area contributed by atoms with E-state index in [1.54, 1.807) is 18.7 Å². The fraction of sp³-hybridized carbons (Fsp3) is 0.375. The summed E-state index contributed by atoms with van der Waals surface area (Å²) >= 11 is 0. The van der Waals surface area contributed by atoms with Crippen molar-refractivity contribution in [1.82, 2.24) is 5.32 Å². The SMILES string of the molecule is CC(C)OC(=O)CC(NC(=O)CCC(=O)N1CCOc2ccccc21)c1ccccc1. The van der Waals surface area contributed by atoms with Crippen molar-refractivity contribution in [3.05, 3.63) is 60.2 Å². The van der Waals surface area contributed by atoms with E-state index < -0.39 is 6.04 Å². The summed E-state index contributed by atoms with van der Waals surface area (Å²) in [6.45, 7) is 4.43. The van der Waals surface area contributed by atoms with Gasteiger partial charge in [-0.25, -0.2) is 0 Å². The molecule has 7 nitrogen and oxygen atoms in total. The zero-order valence-corrected chi connectivity index (χ0v) is 17.9. The minimum Gasteiger partial charge on any atom is -0.490 e. The summed E-state index contributed by atoms with van der Waals surface area (Å²) in [4.78, 5) is 39.2. The van der Waals surface area contributed by atoms with Crippen LogP contribution in [-0.4, -0.2) is 37.0 Å². The summed E-state index contributed by atoms with van der Waals surface area (Å²) in [5, 5.41) is 2.88. The molecule has 2 aromatic rings. The third-order valence-electron chi connectivity index (χ3n) is 4.87. The van der Waals surface area contributed by atoms with E-state index in [0.29, 0.717) is 18.9 Å². The molecule has 0 aliphatic carbocycles. The van der Waals surface area contributed by atoms with Crippen molar-refractivity contribution in [3.8, 4) is 5.75 Å². The number of carbonyl (C=O) groups is 3. The highest BCUT2D eigenvalue weighted by atomic mass is 16.5. The molecule has 1 aliphatic rings. The number of hydrogen-bond donors (Lipinski definition) is 1. The van der Waals surface area contributed by atoms with Crippen LogP contribution in [0.4, 0.5) is 5.69 Å². The van der Waals surface area contributed by atoms with Crippen LogP contribution in [0.15, 0.2) is 54.6 Å². The van der Waals surface area contributed by atoms with E-state index in [2.05, 4.69) is 5.32 Å². The van der Waals surface area contributed by atoms with E-state index >= 15 is 0 Å². The van der Waals surface area contributed by atoms with Gasteiger partial charge in [0.2, 0.25) is 11.8 Å². The molecule has 1 atom stereocenters. The van der Waals surface area contributed by atoms with Crippen LogP contribution in [0, 0.1) is 0 Å². The number of benzene rings is 2. The second-order valence-corrected chi connectivity index (χ2v) is 7.64. The molecule has 1 N–H and O–H groups in total. The summed E-state index contributed by atoms with van der Waals surface area (Å²) in [6.07, 6.45) is -0.105. The number of rotatable bonds is 8. The van der Waals surface area contributed by atoms with Crippen molar-refractivity contribution in [2.75, 3.05) is 18.1 Å². The van der Waals surface area contributed by atoms with Crippen LogP contribution in [0.5, 0.6) is 5.75 Å². The molecule has 31 heavy (non-hydrogen) atoms. The number of amides is 2. The maximum Gasteiger partial charge on any atom is 0.308 e. The first kappa shape index (κ1) is 22.3. The van der Waals surface area contributed by atoms with Crippen LogP contribution in [0.2, 0.25) is 0 Å². The molecule has 1 heterocycles. The van der Waals surface area contributed by atoms with Gasteiger partial charge in [-0.3, -0.25) is 14.4 Å². The maximum atomic E-state index is 12.7. The molecule has 1 unspecified atom stereocenters. The quantitative estimate of drug-likeness (QED) is 0.657. The normalized spacial score (nSPS) is 13.7. The number of nitrogens with one attached hydrogen (secondary N) is 1. The van der Waals surface area contributed by atoms with E-state index in [-0.39, 0.29) is 43.2 Å². The van der Waals surface area contributed by atoms with E-state index in [1.807, 2.05) is 54.6 Å². The van der Waals surface area contributed by atoms with E-state index in [9.17, 15) is 14.4 Å². The zero-order valence-electron chi connectivity index (χ0n) is 17.9. The molecule has 0 bridgehead atoms. The van der Waals surface area contributed by atoms with Gasteiger partial charge in [0.05, 0.1) is 30.8 Å². The average Bonchev–Trinajstić information content (AvgIpc) is 2.76. The third-order valence-corrected chi connectivity index (χ3v) is 4.87. The minimum absolute atomic E-state index is 0.0265. The number of ether oxygens (including phenoxy) is 2. The highest BCUT2D eigenvalue weighted by molar-refractivity contribution is 5.97. The molecule has 0 saturated heterocycles. The molecular formula is C24H28N2O5. The molecule has 7 heteroatoms. The first-order chi connectivity index (χ1) is 14.9. The molecule has 3 rings (SSSR count). The predicted octanol–water partition coefficient (Wildman–Crippen LogP) is 3.39. The monoisotopic (exact) mass is 424 g/mol. The first-order valence-corrected chi connectivity index (χ1v) is 10.5. The predicted molar refractivity (Wildman–Crippen MR) is 117 cm³/mol. The molecule has 0 fully saturated rings. The number of anilines is 1. The lowest BCUT2D eigenvalue weighted by molar-refractivity contribution is -0.148. The Morgan fingerprint density at radius 1 is 1.03 bits per heavy atom. The number of carbonyl (C=O) groups excluding carboxylic acids is 3. The molecule has 0 radical (unpaired) electrons. The van der Waals surface area contributed by atoms with Gasteiger partial charge in [0.1, 0.15) is 12.4 Å². The number of fused-ring (bicyclic) bond motifs is 1. The molecule has 2 amide bonds. The average molecular weight is 424 g/mol. The Bertz CT molecular complexity index is 913. The van der Waals surface area contributed by atoms with Gasteiger partial charge < -0.3 is 19.7 Å². The Morgan fingerprint density at radius 2 is 1.74 bits per heavy atom. The molecule has 0 aromatic heterocycles. The summed E-state index contributed by atoms with van der Waals surface area (Å²) in [6, 6.07) is 16.1. The Labute approximate surface area is 182 Å². The standard InChI is InChI=1S/C24H28N2O5/c1-17(2)31-24(29)16-19(18-8-4-3-5-9-18)25-22(27)12-13-23(28)26-14-15-30-21-11-7-6-10-20(21)26/h3-11,17,19H,12-16H2,1-2H3,(H,25,27). The lowest BCUT2D eigenvalue weighted by Gasteiger charge is -2.29. The van der Waals surface area contributed by atoms with Crippen LogP contribution in [-0.2, 0) is 19.1 Å². The van der Waals surface area contributed by atoms with E-state index in [0.717, 1.165) is 11.3 Å². The summed E-state index contributed by atoms with van der Waals surface area (Å²) in [5.41, 5.74) is 1.53. The second-order valence-electron chi connectivity index (χ2n) is 7.64. The number of esters is 1. The minimum atomic E-state index is -0.515. The van der Waals surface area contributed by atoms with Gasteiger partial charge in [-0.05, 0) is 31.5 Å². The number of nitrogens with zero attached hydrogens (tertiary/aromatic N) is 1. The molecule has 2 aromatic carbocycles. The third kappa shape index (κ3) is 6.31. The lowest BCUT2D eigenvalue weighted by atomic mass is 10.0. The highest BCUT2D eigenvalue weighted by Crippen LogP contribution is 2.31. The van der Waals surface area contributed by atoms with Crippen LogP contribution < -0.4 is 15.0 Å². The van der Waals surface area contributed by atoms with Crippen LogP contribution in [0.3, 0.4) is 0 Å². The number of para-hydroxylation sites is 2. The molecule has 0 saturated carbocycles. The van der Waals surface area contributed by atoms with Crippen LogP contribution >= 0.6 is 0 Å². The first-order valence-electron chi connectivity index (χ1n) is 10.5. The zero-order chi connectivity index (χ0) is 22.2. The molecular weight excluding hydrogens is 396 g/mol. The Morgan fingerprint density at radius 3 is 2.48 bits per heavy atom. The maximum absolute atomic E-state index is 12.7. The van der Waals surface area contributed by atoms with Crippen molar-refractivity contribution >= 4 is 23.5 Å². The highest BCUT2D eigenvalue weighted by Gasteiger charge is 2.25. The van der Waals surface area contributed by atoms with Crippen molar-refractivity contribution in [3.63, 3.8) is 0 Å². The molecule has 0 spiro atoms. The van der Waals surface area contributed by atoms with Gasteiger partial charge in [-0.15, -0.1) is 0 Å². The van der Waals surface area contributed by atoms with Crippen LogP contribution in [0.1, 0.15) is 44.7 Å². The summed E-state index contributed by atoms with van der Waals surface area (Å²) < 4.78 is 10.8. The molecule has 164 valence electrons. The summed E-state index contributed by atoms with van der Waals surface area (Å²) in [7, 11) is 0.